The van der Waals surface area contributed by atoms with Crippen LogP contribution in [0.1, 0.15) is 62.8 Å². The first kappa shape index (κ1) is 45.6. The number of likely N-dealkylation sites (N-methyl/N-ethyl adjacent to an activating group) is 1. The summed E-state index contributed by atoms with van der Waals surface area (Å²) in [5.74, 6) is -0.612. The lowest BCUT2D eigenvalue weighted by Gasteiger charge is -2.44. The Kier molecular flexibility index (Phi) is 14.0. The fraction of sp³-hybridized carbons (Fsp3) is 0.211. The number of sulfonamides is 1. The van der Waals surface area contributed by atoms with Crippen LogP contribution in [0.3, 0.4) is 0 Å². The fourth-order valence-corrected chi connectivity index (χ4v) is 10.4. The molecule has 0 aromatic heterocycles. The predicted molar refractivity (Wildman–Crippen MR) is 264 cm³/mol. The summed E-state index contributed by atoms with van der Waals surface area (Å²) in [7, 11) is -1.84. The van der Waals surface area contributed by atoms with Gasteiger partial charge in [0.1, 0.15) is 6.04 Å². The molecule has 10 heteroatoms. The smallest absolute Gasteiger partial charge is 0.241 e. The molecular weight excluding hydrogens is 855 g/mol. The van der Waals surface area contributed by atoms with Crippen LogP contribution in [0.4, 0.5) is 0 Å². The molecule has 1 aliphatic heterocycles. The van der Waals surface area contributed by atoms with Gasteiger partial charge in [0.25, 0.3) is 0 Å². The van der Waals surface area contributed by atoms with E-state index >= 15 is 0 Å². The molecule has 0 saturated carbocycles. The van der Waals surface area contributed by atoms with Crippen LogP contribution in [0.5, 0.6) is 0 Å². The molecule has 8 aromatic carbocycles. The maximum atomic E-state index is 13.8. The Morgan fingerprint density at radius 1 is 0.657 bits per heavy atom. The number of fused-ring (bicyclic) bond motifs is 2. The van der Waals surface area contributed by atoms with Gasteiger partial charge in [0.05, 0.1) is 23.7 Å². The fourth-order valence-electron chi connectivity index (χ4n) is 9.20. The van der Waals surface area contributed by atoms with Crippen LogP contribution in [0.15, 0.2) is 193 Å². The first-order valence-electron chi connectivity index (χ1n) is 22.7. The Hall–Kier alpha value is -6.50. The van der Waals surface area contributed by atoms with Crippen LogP contribution < -0.4 is 10.0 Å². The summed E-state index contributed by atoms with van der Waals surface area (Å²) >= 11 is 0. The molecule has 0 radical (unpaired) electrons. The zero-order valence-electron chi connectivity index (χ0n) is 37.7. The quantitative estimate of drug-likeness (QED) is 0.0827. The van der Waals surface area contributed by atoms with E-state index < -0.39 is 34.4 Å². The van der Waals surface area contributed by atoms with Crippen LogP contribution >= 0.6 is 0 Å². The molecule has 1 heterocycles. The number of carbonyl (C=O) groups excluding carboxylic acids is 1. The van der Waals surface area contributed by atoms with E-state index in [0.717, 1.165) is 38.9 Å². The highest BCUT2D eigenvalue weighted by Gasteiger charge is 2.42. The van der Waals surface area contributed by atoms with Crippen molar-refractivity contribution >= 4 is 37.5 Å². The molecule has 8 aromatic rings. The summed E-state index contributed by atoms with van der Waals surface area (Å²) in [6, 6.07) is 60.4. The molecule has 0 aliphatic carbocycles. The van der Waals surface area contributed by atoms with Crippen molar-refractivity contribution in [2.45, 2.75) is 68.4 Å². The number of nitrogens with one attached hydrogen (secondary N) is 2. The molecule has 67 heavy (non-hydrogen) atoms. The van der Waals surface area contributed by atoms with Crippen molar-refractivity contribution in [2.24, 2.45) is 0 Å². The molecule has 1 unspecified atom stereocenters. The highest BCUT2D eigenvalue weighted by Crippen LogP contribution is 2.47. The normalized spacial score (nSPS) is 18.0. The number of amides is 1. The molecule has 5 atom stereocenters. The van der Waals surface area contributed by atoms with E-state index in [2.05, 4.69) is 101 Å². The van der Waals surface area contributed by atoms with Crippen molar-refractivity contribution in [1.82, 2.24) is 14.9 Å². The van der Waals surface area contributed by atoms with Gasteiger partial charge in [-0.2, -0.15) is 4.72 Å². The molecule has 0 spiro atoms. The number of hydrogen-bond donors (Lipinski definition) is 3. The van der Waals surface area contributed by atoms with E-state index in [0.29, 0.717) is 13.1 Å². The number of hydrogen-bond acceptors (Lipinski definition) is 7. The molecule has 340 valence electrons. The Balaban J connectivity index is 0.975. The Morgan fingerprint density at radius 3 is 1.88 bits per heavy atom. The number of aliphatic hydroxyl groups is 1. The third-order valence-corrected chi connectivity index (χ3v) is 14.2. The standard InChI is InChI=1S/C57H55N3O6S/c1-39-21-31-48(32-22-39)67(63,64)59-52(33-40-13-5-3-6-14-40)56(62)58-35-41-23-29-45(30-24-41)57-65-53(54(43-15-7-4-8-16-43)55(66-57)44-27-25-42(38-61)26-28-44)37-60(2)36-51-49-19-11-9-17-46(49)34-47-18-10-12-20-50(47)51/h3-32,34,52-55,57,59,61H,33,35-38H2,1-2H3,(H,58,62)/t52-,53-,54-,55+,57?/m1/s1. The van der Waals surface area contributed by atoms with Gasteiger partial charge in [0.2, 0.25) is 15.9 Å². The number of nitrogens with zero attached hydrogens (tertiary/aromatic N) is 1. The van der Waals surface area contributed by atoms with Crippen molar-refractivity contribution < 1.29 is 27.8 Å². The minimum Gasteiger partial charge on any atom is -0.392 e. The molecule has 3 N–H and O–H groups in total. The number of benzene rings is 8. The number of carbonyl (C=O) groups is 1. The van der Waals surface area contributed by atoms with Gasteiger partial charge >= 0.3 is 0 Å². The maximum Gasteiger partial charge on any atom is 0.241 e. The second kappa shape index (κ2) is 20.6. The third kappa shape index (κ3) is 10.7. The lowest BCUT2D eigenvalue weighted by molar-refractivity contribution is -0.263. The Morgan fingerprint density at radius 2 is 1.24 bits per heavy atom. The molecular formula is C57H55N3O6S. The van der Waals surface area contributed by atoms with Gasteiger partial charge in [-0.3, -0.25) is 9.69 Å². The second-order valence-corrected chi connectivity index (χ2v) is 19.2. The summed E-state index contributed by atoms with van der Waals surface area (Å²) < 4.78 is 43.8. The minimum atomic E-state index is -3.99. The molecule has 1 amide bonds. The number of ether oxygens (including phenoxy) is 2. The Labute approximate surface area is 393 Å². The monoisotopic (exact) mass is 909 g/mol. The number of aliphatic hydroxyl groups excluding tert-OH is 1. The molecule has 9 nitrogen and oxygen atoms in total. The second-order valence-electron chi connectivity index (χ2n) is 17.5. The van der Waals surface area contributed by atoms with Gasteiger partial charge in [-0.1, -0.05) is 175 Å². The molecule has 0 bridgehead atoms. The van der Waals surface area contributed by atoms with Gasteiger partial charge in [0, 0.05) is 31.1 Å². The zero-order chi connectivity index (χ0) is 46.3. The Bertz CT molecular complexity index is 2990. The average molecular weight is 910 g/mol. The first-order valence-corrected chi connectivity index (χ1v) is 24.2. The molecule has 1 aliphatic rings. The van der Waals surface area contributed by atoms with Crippen LogP contribution in [0.2, 0.25) is 0 Å². The molecule has 1 fully saturated rings. The topological polar surface area (TPSA) is 117 Å². The van der Waals surface area contributed by atoms with E-state index in [1.165, 1.54) is 27.1 Å². The van der Waals surface area contributed by atoms with E-state index in [1.54, 1.807) is 24.3 Å². The van der Waals surface area contributed by atoms with Crippen LogP contribution in [-0.2, 0) is 50.4 Å². The SMILES string of the molecule is Cc1ccc(S(=O)(=O)N[C@H](Cc2ccccc2)C(=O)NCc2ccc(C3O[C@H](CN(C)Cc4c5ccccc5cc5ccccc45)[C@@H](c4ccccc4)[C@H](c4ccc(CO)cc4)O3)cc2)cc1. The minimum absolute atomic E-state index is 0.0561. The van der Waals surface area contributed by atoms with Gasteiger partial charge in [0.15, 0.2) is 6.29 Å². The highest BCUT2D eigenvalue weighted by atomic mass is 32.2. The van der Waals surface area contributed by atoms with E-state index in [4.69, 9.17) is 9.47 Å². The van der Waals surface area contributed by atoms with Crippen molar-refractivity contribution in [2.75, 3.05) is 13.6 Å². The average Bonchev–Trinajstić information content (AvgIpc) is 3.36. The predicted octanol–water partition coefficient (Wildman–Crippen LogP) is 10.1. The number of aryl methyl sites for hydroxylation is 1. The van der Waals surface area contributed by atoms with Crippen LogP contribution in [-0.4, -0.2) is 50.1 Å². The van der Waals surface area contributed by atoms with Crippen LogP contribution in [0, 0.1) is 6.92 Å². The third-order valence-electron chi connectivity index (χ3n) is 12.7. The molecule has 9 rings (SSSR count). The van der Waals surface area contributed by atoms with Crippen molar-refractivity contribution in [3.05, 3.63) is 233 Å². The first-order chi connectivity index (χ1) is 32.6. The highest BCUT2D eigenvalue weighted by molar-refractivity contribution is 7.89. The van der Waals surface area contributed by atoms with Gasteiger partial charge in [-0.15, -0.1) is 0 Å². The summed E-state index contributed by atoms with van der Waals surface area (Å²) in [6.07, 6.45) is -1.25. The lowest BCUT2D eigenvalue weighted by Crippen LogP contribution is -2.47. The molecule has 1 saturated heterocycles. The van der Waals surface area contributed by atoms with Crippen molar-refractivity contribution in [3.8, 4) is 0 Å². The summed E-state index contributed by atoms with van der Waals surface area (Å²) in [4.78, 5) is 16.3. The van der Waals surface area contributed by atoms with Gasteiger partial charge in [-0.05, 0) is 93.5 Å². The van der Waals surface area contributed by atoms with Crippen LogP contribution in [0.25, 0.3) is 21.5 Å². The summed E-state index contributed by atoms with van der Waals surface area (Å²) in [5.41, 5.74) is 7.57. The largest absolute Gasteiger partial charge is 0.392 e. The summed E-state index contributed by atoms with van der Waals surface area (Å²) in [6.45, 7) is 3.31. The van der Waals surface area contributed by atoms with Gasteiger partial charge in [-0.25, -0.2) is 8.42 Å². The summed E-state index contributed by atoms with van der Waals surface area (Å²) in [5, 5.41) is 17.8. The number of rotatable bonds is 16. The van der Waals surface area contributed by atoms with Crippen molar-refractivity contribution in [3.63, 3.8) is 0 Å². The maximum absolute atomic E-state index is 13.8. The van der Waals surface area contributed by atoms with Crippen molar-refractivity contribution in [1.29, 1.82) is 0 Å². The van der Waals surface area contributed by atoms with E-state index in [-0.39, 0.29) is 36.5 Å². The zero-order valence-corrected chi connectivity index (χ0v) is 38.5. The van der Waals surface area contributed by atoms with E-state index in [9.17, 15) is 18.3 Å². The van der Waals surface area contributed by atoms with E-state index in [1.807, 2.05) is 91.9 Å². The van der Waals surface area contributed by atoms with Gasteiger partial charge < -0.3 is 19.9 Å². The lowest BCUT2D eigenvalue weighted by atomic mass is 9.83.